The predicted octanol–water partition coefficient (Wildman–Crippen LogP) is 0.420. The maximum atomic E-state index is 11.8. The van der Waals surface area contributed by atoms with Gasteiger partial charge >= 0.3 is 5.97 Å². The Balaban J connectivity index is 2.18. The van der Waals surface area contributed by atoms with Crippen LogP contribution in [-0.2, 0) is 14.3 Å². The second-order valence-electron chi connectivity index (χ2n) is 4.90. The van der Waals surface area contributed by atoms with Crippen molar-refractivity contribution in [3.8, 4) is 0 Å². The molecule has 0 radical (unpaired) electrons. The highest BCUT2D eigenvalue weighted by molar-refractivity contribution is 5.77. The first-order valence-electron chi connectivity index (χ1n) is 6.82. The van der Waals surface area contributed by atoms with Crippen molar-refractivity contribution < 1.29 is 19.4 Å². The van der Waals surface area contributed by atoms with Crippen molar-refractivity contribution in [3.05, 3.63) is 0 Å². The molecule has 6 nitrogen and oxygen atoms in total. The number of aliphatic carboxylic acids is 1. The Morgan fingerprint density at radius 2 is 2.00 bits per heavy atom. The van der Waals surface area contributed by atoms with Crippen molar-refractivity contribution in [1.82, 2.24) is 9.80 Å². The van der Waals surface area contributed by atoms with Gasteiger partial charge in [-0.3, -0.25) is 14.5 Å². The molecule has 6 heteroatoms. The number of ether oxygens (including phenoxy) is 1. The molecule has 1 saturated heterocycles. The van der Waals surface area contributed by atoms with Gasteiger partial charge in [-0.1, -0.05) is 0 Å². The van der Waals surface area contributed by atoms with Crippen LogP contribution >= 0.6 is 0 Å². The minimum atomic E-state index is -0.828. The summed E-state index contributed by atoms with van der Waals surface area (Å²) in [5.41, 5.74) is 0. The van der Waals surface area contributed by atoms with E-state index in [0.29, 0.717) is 6.54 Å². The largest absolute Gasteiger partial charge is 0.481 e. The van der Waals surface area contributed by atoms with Crippen LogP contribution in [0.25, 0.3) is 0 Å². The molecule has 0 aromatic rings. The van der Waals surface area contributed by atoms with Gasteiger partial charge in [-0.05, 0) is 19.8 Å². The summed E-state index contributed by atoms with van der Waals surface area (Å²) in [6.07, 6.45) is 1.92. The SMILES string of the molecule is CCN(C)C(=O)CN1CCC(OCCC(=O)O)CC1. The van der Waals surface area contributed by atoms with E-state index in [0.717, 1.165) is 32.5 Å². The first-order valence-corrected chi connectivity index (χ1v) is 6.82. The zero-order valence-corrected chi connectivity index (χ0v) is 11.8. The van der Waals surface area contributed by atoms with Gasteiger partial charge < -0.3 is 14.7 Å². The van der Waals surface area contributed by atoms with E-state index in [9.17, 15) is 9.59 Å². The summed E-state index contributed by atoms with van der Waals surface area (Å²) in [7, 11) is 1.81. The number of nitrogens with zero attached hydrogens (tertiary/aromatic N) is 2. The normalized spacial score (nSPS) is 17.4. The number of carboxylic acids is 1. The van der Waals surface area contributed by atoms with Crippen LogP contribution in [0, 0.1) is 0 Å². The molecule has 1 heterocycles. The fraction of sp³-hybridized carbons (Fsp3) is 0.846. The van der Waals surface area contributed by atoms with Gasteiger partial charge in [-0.25, -0.2) is 0 Å². The van der Waals surface area contributed by atoms with Gasteiger partial charge in [0.25, 0.3) is 0 Å². The summed E-state index contributed by atoms with van der Waals surface area (Å²) in [6.45, 7) is 5.10. The Bertz CT molecular complexity index is 301. The molecule has 0 bridgehead atoms. The average molecular weight is 272 g/mol. The number of piperidine rings is 1. The average Bonchev–Trinajstić information content (AvgIpc) is 2.39. The molecule has 0 saturated carbocycles. The van der Waals surface area contributed by atoms with E-state index >= 15 is 0 Å². The van der Waals surface area contributed by atoms with Crippen LogP contribution in [0.15, 0.2) is 0 Å². The number of carboxylic acid groups (broad SMARTS) is 1. The van der Waals surface area contributed by atoms with Gasteiger partial charge in [-0.15, -0.1) is 0 Å². The van der Waals surface area contributed by atoms with Gasteiger partial charge in [0.1, 0.15) is 0 Å². The number of carbonyl (C=O) groups is 2. The number of likely N-dealkylation sites (N-methyl/N-ethyl adjacent to an activating group) is 1. The Labute approximate surface area is 114 Å². The van der Waals surface area contributed by atoms with Gasteiger partial charge in [-0.2, -0.15) is 0 Å². The summed E-state index contributed by atoms with van der Waals surface area (Å²) >= 11 is 0. The third-order valence-electron chi connectivity index (χ3n) is 3.46. The van der Waals surface area contributed by atoms with Crippen LogP contribution in [0.1, 0.15) is 26.2 Å². The highest BCUT2D eigenvalue weighted by Crippen LogP contribution is 2.13. The standard InChI is InChI=1S/C13H24N2O4/c1-3-14(2)12(16)10-15-7-4-11(5-8-15)19-9-6-13(17)18/h11H,3-10H2,1-2H3,(H,17,18). The fourth-order valence-corrected chi connectivity index (χ4v) is 2.04. The van der Waals surface area contributed by atoms with Gasteiger partial charge in [0.15, 0.2) is 0 Å². The molecular formula is C13H24N2O4. The Kier molecular flexibility index (Phi) is 6.80. The minimum absolute atomic E-state index is 0.0556. The zero-order valence-electron chi connectivity index (χ0n) is 11.8. The molecule has 0 aliphatic carbocycles. The third kappa shape index (κ3) is 6.02. The number of carbonyl (C=O) groups excluding carboxylic acids is 1. The van der Waals surface area contributed by atoms with Crippen LogP contribution in [0.2, 0.25) is 0 Å². The molecule has 1 N–H and O–H groups in total. The van der Waals surface area contributed by atoms with Crippen molar-refractivity contribution in [2.45, 2.75) is 32.3 Å². The van der Waals surface area contributed by atoms with Gasteiger partial charge in [0.2, 0.25) is 5.91 Å². The van der Waals surface area contributed by atoms with Crippen LogP contribution in [-0.4, -0.2) is 72.7 Å². The van der Waals surface area contributed by atoms with Crippen LogP contribution in [0.3, 0.4) is 0 Å². The van der Waals surface area contributed by atoms with E-state index < -0.39 is 5.97 Å². The molecule has 0 aromatic heterocycles. The predicted molar refractivity (Wildman–Crippen MR) is 71.0 cm³/mol. The van der Waals surface area contributed by atoms with Crippen molar-refractivity contribution in [1.29, 1.82) is 0 Å². The maximum Gasteiger partial charge on any atom is 0.305 e. The van der Waals surface area contributed by atoms with Gasteiger partial charge in [0.05, 0.1) is 25.7 Å². The Hall–Kier alpha value is -1.14. The number of hydrogen-bond donors (Lipinski definition) is 1. The lowest BCUT2D eigenvalue weighted by atomic mass is 10.1. The lowest BCUT2D eigenvalue weighted by Crippen LogP contribution is -2.43. The summed E-state index contributed by atoms with van der Waals surface area (Å²) in [4.78, 5) is 26.0. The van der Waals surface area contributed by atoms with E-state index in [2.05, 4.69) is 4.90 Å². The van der Waals surface area contributed by atoms with Crippen molar-refractivity contribution in [2.75, 3.05) is 39.8 Å². The first kappa shape index (κ1) is 15.9. The van der Waals surface area contributed by atoms with Crippen LogP contribution < -0.4 is 0 Å². The quantitative estimate of drug-likeness (QED) is 0.727. The molecule has 1 fully saturated rings. The summed E-state index contributed by atoms with van der Waals surface area (Å²) in [5, 5.41) is 8.53. The molecule has 1 aliphatic heterocycles. The highest BCUT2D eigenvalue weighted by atomic mass is 16.5. The molecule has 19 heavy (non-hydrogen) atoms. The number of rotatable bonds is 7. The second-order valence-corrected chi connectivity index (χ2v) is 4.90. The monoisotopic (exact) mass is 272 g/mol. The molecular weight excluding hydrogens is 248 g/mol. The lowest BCUT2D eigenvalue weighted by molar-refractivity contribution is -0.139. The molecule has 0 aromatic carbocycles. The first-order chi connectivity index (χ1) is 9.02. The number of amides is 1. The molecule has 0 atom stereocenters. The fourth-order valence-electron chi connectivity index (χ4n) is 2.04. The van der Waals surface area contributed by atoms with Gasteiger partial charge in [0, 0.05) is 26.7 Å². The van der Waals surface area contributed by atoms with E-state index in [1.807, 2.05) is 14.0 Å². The molecule has 1 rings (SSSR count). The van der Waals surface area contributed by atoms with Crippen molar-refractivity contribution in [2.24, 2.45) is 0 Å². The smallest absolute Gasteiger partial charge is 0.305 e. The maximum absolute atomic E-state index is 11.8. The van der Waals surface area contributed by atoms with Crippen LogP contribution in [0.4, 0.5) is 0 Å². The van der Waals surface area contributed by atoms with E-state index in [-0.39, 0.29) is 25.0 Å². The molecule has 1 amide bonds. The topological polar surface area (TPSA) is 70.1 Å². The summed E-state index contributed by atoms with van der Waals surface area (Å²) < 4.78 is 5.51. The summed E-state index contributed by atoms with van der Waals surface area (Å²) in [6, 6.07) is 0. The van der Waals surface area contributed by atoms with Crippen molar-refractivity contribution in [3.63, 3.8) is 0 Å². The van der Waals surface area contributed by atoms with E-state index in [1.165, 1.54) is 0 Å². The third-order valence-corrected chi connectivity index (χ3v) is 3.46. The molecule has 0 unspecified atom stereocenters. The Morgan fingerprint density at radius 1 is 1.37 bits per heavy atom. The number of likely N-dealkylation sites (tertiary alicyclic amines) is 1. The zero-order chi connectivity index (χ0) is 14.3. The summed E-state index contributed by atoms with van der Waals surface area (Å²) in [5.74, 6) is -0.682. The molecule has 0 spiro atoms. The highest BCUT2D eigenvalue weighted by Gasteiger charge is 2.22. The second kappa shape index (κ2) is 8.12. The lowest BCUT2D eigenvalue weighted by Gasteiger charge is -2.32. The van der Waals surface area contributed by atoms with Crippen molar-refractivity contribution >= 4 is 11.9 Å². The van der Waals surface area contributed by atoms with E-state index in [1.54, 1.807) is 4.90 Å². The van der Waals surface area contributed by atoms with E-state index in [4.69, 9.17) is 9.84 Å². The molecule has 110 valence electrons. The molecule has 1 aliphatic rings. The minimum Gasteiger partial charge on any atom is -0.481 e. The number of hydrogen-bond acceptors (Lipinski definition) is 4. The Morgan fingerprint density at radius 3 is 2.53 bits per heavy atom. The van der Waals surface area contributed by atoms with Crippen LogP contribution in [0.5, 0.6) is 0 Å².